The minimum atomic E-state index is -1.30. The number of halogens is 4. The van der Waals surface area contributed by atoms with E-state index in [9.17, 15) is 18.3 Å². The zero-order valence-electron chi connectivity index (χ0n) is 11.0. The molecule has 1 unspecified atom stereocenters. The van der Waals surface area contributed by atoms with Gasteiger partial charge in [0.25, 0.3) is 0 Å². The normalized spacial score (nSPS) is 12.6. The first kappa shape index (κ1) is 15.0. The van der Waals surface area contributed by atoms with Crippen molar-refractivity contribution in [2.24, 2.45) is 0 Å². The predicted octanol–water partition coefficient (Wildman–Crippen LogP) is 4.50. The lowest BCUT2D eigenvalue weighted by Gasteiger charge is -2.12. The molecule has 0 radical (unpaired) electrons. The summed E-state index contributed by atoms with van der Waals surface area (Å²) < 4.78 is 40.7. The van der Waals surface area contributed by atoms with Crippen LogP contribution in [0.3, 0.4) is 0 Å². The molecular formula is C16H9BrF3NO. The summed E-state index contributed by atoms with van der Waals surface area (Å²) in [5.41, 5.74) is 0.223. The van der Waals surface area contributed by atoms with Gasteiger partial charge >= 0.3 is 0 Å². The number of fused-ring (bicyclic) bond motifs is 1. The average Bonchev–Trinajstić information content (AvgIpc) is 2.49. The molecule has 1 aromatic heterocycles. The average molecular weight is 368 g/mol. The smallest absolute Gasteiger partial charge is 0.146 e. The topological polar surface area (TPSA) is 33.1 Å². The number of rotatable bonds is 2. The molecule has 0 amide bonds. The Bertz CT molecular complexity index is 849. The third-order valence-corrected chi connectivity index (χ3v) is 3.91. The first-order valence-corrected chi connectivity index (χ1v) is 7.13. The zero-order valence-corrected chi connectivity index (χ0v) is 12.6. The molecule has 112 valence electrons. The third-order valence-electron chi connectivity index (χ3n) is 3.29. The van der Waals surface area contributed by atoms with E-state index < -0.39 is 23.6 Å². The van der Waals surface area contributed by atoms with Gasteiger partial charge in [0.05, 0.1) is 10.2 Å². The number of nitrogens with zero attached hydrogens (tertiary/aromatic N) is 1. The standard InChI is InChI=1S/C16H9BrF3NO/c17-13-2-1-8-5-14(21-7-12(8)15(13)20)16(22)9-3-10(18)6-11(19)4-9/h1-7,16,22H. The molecule has 0 saturated heterocycles. The lowest BCUT2D eigenvalue weighted by atomic mass is 10.0. The van der Waals surface area contributed by atoms with Gasteiger partial charge in [-0.25, -0.2) is 13.2 Å². The molecule has 1 atom stereocenters. The highest BCUT2D eigenvalue weighted by Gasteiger charge is 2.16. The Morgan fingerprint density at radius 1 is 1.00 bits per heavy atom. The van der Waals surface area contributed by atoms with Crippen LogP contribution in [0.4, 0.5) is 13.2 Å². The molecule has 0 saturated carbocycles. The van der Waals surface area contributed by atoms with E-state index >= 15 is 0 Å². The van der Waals surface area contributed by atoms with Crippen molar-refractivity contribution < 1.29 is 18.3 Å². The highest BCUT2D eigenvalue weighted by molar-refractivity contribution is 9.10. The van der Waals surface area contributed by atoms with Gasteiger partial charge in [-0.2, -0.15) is 0 Å². The largest absolute Gasteiger partial charge is 0.382 e. The van der Waals surface area contributed by atoms with Crippen molar-refractivity contribution in [1.29, 1.82) is 0 Å². The molecule has 0 spiro atoms. The van der Waals surface area contributed by atoms with Crippen molar-refractivity contribution in [3.63, 3.8) is 0 Å². The fourth-order valence-corrected chi connectivity index (χ4v) is 2.57. The van der Waals surface area contributed by atoms with Crippen molar-refractivity contribution in [2.45, 2.75) is 6.10 Å². The molecule has 3 rings (SSSR count). The van der Waals surface area contributed by atoms with Gasteiger partial charge < -0.3 is 5.11 Å². The van der Waals surface area contributed by atoms with E-state index in [1.807, 2.05) is 0 Å². The van der Waals surface area contributed by atoms with Crippen LogP contribution in [0.2, 0.25) is 0 Å². The molecule has 2 aromatic carbocycles. The lowest BCUT2D eigenvalue weighted by molar-refractivity contribution is 0.214. The molecule has 0 aliphatic rings. The third kappa shape index (κ3) is 2.71. The van der Waals surface area contributed by atoms with Crippen LogP contribution in [0, 0.1) is 17.5 Å². The number of aliphatic hydroxyl groups is 1. The highest BCUT2D eigenvalue weighted by Crippen LogP contribution is 2.28. The van der Waals surface area contributed by atoms with E-state index in [0.717, 1.165) is 18.2 Å². The van der Waals surface area contributed by atoms with E-state index in [4.69, 9.17) is 0 Å². The van der Waals surface area contributed by atoms with Gasteiger partial charge in [0, 0.05) is 17.6 Å². The Morgan fingerprint density at radius 2 is 1.68 bits per heavy atom. The Morgan fingerprint density at radius 3 is 2.36 bits per heavy atom. The quantitative estimate of drug-likeness (QED) is 0.723. The minimum Gasteiger partial charge on any atom is -0.382 e. The van der Waals surface area contributed by atoms with Crippen LogP contribution in [0.15, 0.2) is 47.1 Å². The minimum absolute atomic E-state index is 0.0435. The summed E-state index contributed by atoms with van der Waals surface area (Å²) in [4.78, 5) is 3.99. The second kappa shape index (κ2) is 5.70. The summed E-state index contributed by atoms with van der Waals surface area (Å²) >= 11 is 3.08. The molecule has 0 fully saturated rings. The molecule has 1 N–H and O–H groups in total. The molecule has 6 heteroatoms. The van der Waals surface area contributed by atoms with Gasteiger partial charge in [0.2, 0.25) is 0 Å². The predicted molar refractivity (Wildman–Crippen MR) is 79.8 cm³/mol. The SMILES string of the molecule is OC(c1cc(F)cc(F)c1)c1cc2ccc(Br)c(F)c2cn1. The van der Waals surface area contributed by atoms with Gasteiger partial charge in [-0.3, -0.25) is 4.98 Å². The van der Waals surface area contributed by atoms with Crippen molar-refractivity contribution in [1.82, 2.24) is 4.98 Å². The Labute approximate surface area is 132 Å². The van der Waals surface area contributed by atoms with E-state index in [-0.39, 0.29) is 16.6 Å². The molecule has 1 heterocycles. The summed E-state index contributed by atoms with van der Waals surface area (Å²) in [7, 11) is 0. The van der Waals surface area contributed by atoms with E-state index in [2.05, 4.69) is 20.9 Å². The Balaban J connectivity index is 2.08. The lowest BCUT2D eigenvalue weighted by Crippen LogP contribution is -2.03. The number of hydrogen-bond acceptors (Lipinski definition) is 2. The van der Waals surface area contributed by atoms with Crippen LogP contribution in [0.25, 0.3) is 10.8 Å². The van der Waals surface area contributed by atoms with E-state index in [0.29, 0.717) is 9.86 Å². The van der Waals surface area contributed by atoms with Crippen LogP contribution in [0.1, 0.15) is 17.4 Å². The summed E-state index contributed by atoms with van der Waals surface area (Å²) in [6.07, 6.45) is -0.0230. The maximum Gasteiger partial charge on any atom is 0.146 e. The van der Waals surface area contributed by atoms with Crippen LogP contribution < -0.4 is 0 Å². The van der Waals surface area contributed by atoms with Crippen LogP contribution >= 0.6 is 15.9 Å². The monoisotopic (exact) mass is 367 g/mol. The molecular weight excluding hydrogens is 359 g/mol. The molecule has 0 aliphatic carbocycles. The summed E-state index contributed by atoms with van der Waals surface area (Å²) in [6.45, 7) is 0. The van der Waals surface area contributed by atoms with Gasteiger partial charge in [-0.1, -0.05) is 6.07 Å². The number of aliphatic hydroxyl groups excluding tert-OH is 1. The number of aromatic nitrogens is 1. The number of benzene rings is 2. The first-order chi connectivity index (χ1) is 10.5. The van der Waals surface area contributed by atoms with Gasteiger partial charge in [0.1, 0.15) is 23.6 Å². The van der Waals surface area contributed by atoms with Crippen LogP contribution in [-0.4, -0.2) is 10.1 Å². The van der Waals surface area contributed by atoms with Gasteiger partial charge in [-0.15, -0.1) is 0 Å². The van der Waals surface area contributed by atoms with Crippen LogP contribution in [-0.2, 0) is 0 Å². The highest BCUT2D eigenvalue weighted by atomic mass is 79.9. The zero-order chi connectivity index (χ0) is 15.9. The second-order valence-electron chi connectivity index (χ2n) is 4.80. The van der Waals surface area contributed by atoms with E-state index in [1.165, 1.54) is 18.3 Å². The number of hydrogen-bond donors (Lipinski definition) is 1. The molecule has 0 aliphatic heterocycles. The maximum absolute atomic E-state index is 13.9. The number of pyridine rings is 1. The molecule has 22 heavy (non-hydrogen) atoms. The fourth-order valence-electron chi connectivity index (χ4n) is 2.23. The van der Waals surface area contributed by atoms with Crippen LogP contribution in [0.5, 0.6) is 0 Å². The summed E-state index contributed by atoms with van der Waals surface area (Å²) in [5, 5.41) is 11.0. The van der Waals surface area contributed by atoms with Crippen molar-refractivity contribution in [2.75, 3.05) is 0 Å². The van der Waals surface area contributed by atoms with Crippen molar-refractivity contribution in [3.8, 4) is 0 Å². The first-order valence-electron chi connectivity index (χ1n) is 6.33. The Kier molecular flexibility index (Phi) is 3.88. The molecule has 3 aromatic rings. The van der Waals surface area contributed by atoms with E-state index in [1.54, 1.807) is 6.07 Å². The summed E-state index contributed by atoms with van der Waals surface area (Å²) in [6, 6.07) is 7.46. The molecule has 0 bridgehead atoms. The van der Waals surface area contributed by atoms with Gasteiger partial charge in [0.15, 0.2) is 0 Å². The van der Waals surface area contributed by atoms with Crippen molar-refractivity contribution >= 4 is 26.7 Å². The van der Waals surface area contributed by atoms with Crippen molar-refractivity contribution in [3.05, 3.63) is 75.8 Å². The summed E-state index contributed by atoms with van der Waals surface area (Å²) in [5.74, 6) is -2.03. The fraction of sp³-hybridized carbons (Fsp3) is 0.0625. The Hall–Kier alpha value is -1.92. The maximum atomic E-state index is 13.9. The second-order valence-corrected chi connectivity index (χ2v) is 5.65. The van der Waals surface area contributed by atoms with Gasteiger partial charge in [-0.05, 0) is 51.1 Å². The molecule has 2 nitrogen and oxygen atoms in total.